The van der Waals surface area contributed by atoms with E-state index in [1.807, 2.05) is 49.4 Å². The van der Waals surface area contributed by atoms with E-state index in [2.05, 4.69) is 25.8 Å². The average molecular weight is 617 g/mol. The summed E-state index contributed by atoms with van der Waals surface area (Å²) in [5.41, 5.74) is 3.84. The topological polar surface area (TPSA) is 176 Å². The molecule has 0 fully saturated rings. The van der Waals surface area contributed by atoms with Gasteiger partial charge >= 0.3 is 17.6 Å². The van der Waals surface area contributed by atoms with Gasteiger partial charge in [-0.2, -0.15) is 4.68 Å². The lowest BCUT2D eigenvalue weighted by Gasteiger charge is -2.21. The Balaban J connectivity index is 1.36. The van der Waals surface area contributed by atoms with Crippen molar-refractivity contribution >= 4 is 23.5 Å². The molecule has 0 saturated heterocycles. The number of nitrogens with zero attached hydrogens (tertiary/aromatic N) is 4. The molecular weight excluding hydrogens is 588 g/mol. The molecule has 2 unspecified atom stereocenters. The Bertz CT molecular complexity index is 1830. The standard InChI is InChI=1S/C31H29ClN6O6/c1-2-7-23-26(16-18-12-14-19(15-13-18)21-9-4-6-11-25(21)38-31(43)35-36-37-38)44-29(34-23)28(40)33-24(27(39)30(41)42)17-20-8-3-5-10-22(20)32/h3-6,8-15,24,27,39H,2,7,16-17H2,1H3,(H,33,40)(H,41,42)(H,35,37,43). The molecule has 5 rings (SSSR count). The SMILES string of the molecule is CCCc1nc(C(=O)NC(Cc2ccccc2Cl)C(O)C(=O)O)oc1Cc1ccc(-c2ccccc2-n2nn[nH]c2=O)cc1. The minimum absolute atomic E-state index is 0.0188. The number of H-pyrrole nitrogens is 1. The second-order valence-electron chi connectivity index (χ2n) is 10.1. The lowest BCUT2D eigenvalue weighted by Crippen LogP contribution is -2.48. The zero-order valence-corrected chi connectivity index (χ0v) is 24.4. The van der Waals surface area contributed by atoms with E-state index in [-0.39, 0.29) is 12.3 Å². The number of carbonyl (C=O) groups is 2. The molecule has 4 N–H and O–H groups in total. The van der Waals surface area contributed by atoms with Crippen molar-refractivity contribution in [2.24, 2.45) is 0 Å². The molecule has 3 aromatic carbocycles. The van der Waals surface area contributed by atoms with Crippen LogP contribution in [-0.2, 0) is 24.1 Å². The Hall–Kier alpha value is -5.07. The van der Waals surface area contributed by atoms with Gasteiger partial charge in [0.2, 0.25) is 0 Å². The highest BCUT2D eigenvalue weighted by atomic mass is 35.5. The third-order valence-electron chi connectivity index (χ3n) is 7.04. The highest BCUT2D eigenvalue weighted by Gasteiger charge is 2.30. The molecular formula is C31H29ClN6O6. The van der Waals surface area contributed by atoms with E-state index in [9.17, 15) is 24.6 Å². The summed E-state index contributed by atoms with van der Waals surface area (Å²) in [5, 5.41) is 32.4. The molecule has 1 amide bonds. The fraction of sp³-hybridized carbons (Fsp3) is 0.226. The summed E-state index contributed by atoms with van der Waals surface area (Å²) in [5.74, 6) is -1.96. The van der Waals surface area contributed by atoms with Crippen molar-refractivity contribution in [2.75, 3.05) is 0 Å². The van der Waals surface area contributed by atoms with E-state index < -0.39 is 29.7 Å². The molecule has 0 saturated carbocycles. The molecule has 0 aliphatic heterocycles. The zero-order chi connectivity index (χ0) is 31.2. The number of hydrogen-bond donors (Lipinski definition) is 4. The van der Waals surface area contributed by atoms with Gasteiger partial charge in [0.1, 0.15) is 5.76 Å². The first-order valence-electron chi connectivity index (χ1n) is 13.9. The molecule has 226 valence electrons. The number of benzene rings is 3. The maximum Gasteiger partial charge on any atom is 0.365 e. The van der Waals surface area contributed by atoms with E-state index in [1.54, 1.807) is 30.3 Å². The van der Waals surface area contributed by atoms with E-state index in [0.29, 0.717) is 40.6 Å². The first kappa shape index (κ1) is 30.4. The van der Waals surface area contributed by atoms with Crippen molar-refractivity contribution in [3.63, 3.8) is 0 Å². The van der Waals surface area contributed by atoms with E-state index in [1.165, 1.54) is 4.68 Å². The third kappa shape index (κ3) is 6.77. The maximum atomic E-state index is 13.2. The number of para-hydroxylation sites is 1. The van der Waals surface area contributed by atoms with Crippen LogP contribution in [0.4, 0.5) is 0 Å². The summed E-state index contributed by atoms with van der Waals surface area (Å²) >= 11 is 6.23. The van der Waals surface area contributed by atoms with Gasteiger partial charge in [0.05, 0.1) is 17.4 Å². The second kappa shape index (κ2) is 13.5. The summed E-state index contributed by atoms with van der Waals surface area (Å²) < 4.78 is 7.10. The molecule has 5 aromatic rings. The number of nitrogens with one attached hydrogen (secondary N) is 2. The van der Waals surface area contributed by atoms with Gasteiger partial charge in [-0.15, -0.1) is 0 Å². The van der Waals surface area contributed by atoms with Gasteiger partial charge in [0.15, 0.2) is 6.10 Å². The molecule has 44 heavy (non-hydrogen) atoms. The van der Waals surface area contributed by atoms with E-state index in [4.69, 9.17) is 16.0 Å². The minimum atomic E-state index is -1.88. The van der Waals surface area contributed by atoms with Crippen LogP contribution < -0.4 is 11.0 Å². The molecule has 2 heterocycles. The van der Waals surface area contributed by atoms with Crippen LogP contribution in [0.3, 0.4) is 0 Å². The molecule has 0 aliphatic carbocycles. The third-order valence-corrected chi connectivity index (χ3v) is 7.41. The Morgan fingerprint density at radius 2 is 1.80 bits per heavy atom. The van der Waals surface area contributed by atoms with Crippen molar-refractivity contribution in [2.45, 2.75) is 44.8 Å². The van der Waals surface area contributed by atoms with Gasteiger partial charge in [-0.1, -0.05) is 85.6 Å². The van der Waals surface area contributed by atoms with Crippen molar-refractivity contribution in [1.82, 2.24) is 30.5 Å². The fourth-order valence-corrected chi connectivity index (χ4v) is 5.05. The van der Waals surface area contributed by atoms with Crippen LogP contribution in [0.5, 0.6) is 0 Å². The Morgan fingerprint density at radius 1 is 1.07 bits per heavy atom. The summed E-state index contributed by atoms with van der Waals surface area (Å²) in [7, 11) is 0. The van der Waals surface area contributed by atoms with Gasteiger partial charge < -0.3 is 19.9 Å². The molecule has 0 spiro atoms. The number of halogens is 1. The number of aliphatic carboxylic acids is 1. The fourth-order valence-electron chi connectivity index (χ4n) is 4.84. The molecule has 0 radical (unpaired) electrons. The molecule has 12 nitrogen and oxygen atoms in total. The quantitative estimate of drug-likeness (QED) is 0.163. The number of rotatable bonds is 12. The summed E-state index contributed by atoms with van der Waals surface area (Å²) in [6.07, 6.45) is -0.239. The van der Waals surface area contributed by atoms with Crippen LogP contribution in [0.25, 0.3) is 16.8 Å². The normalized spacial score (nSPS) is 12.5. The number of carboxylic acids is 1. The number of carbonyl (C=O) groups excluding carboxylic acids is 1. The largest absolute Gasteiger partial charge is 0.479 e. The average Bonchev–Trinajstić information content (AvgIpc) is 3.63. The van der Waals surface area contributed by atoms with Crippen molar-refractivity contribution in [3.8, 4) is 16.8 Å². The summed E-state index contributed by atoms with van der Waals surface area (Å²) in [6, 6.07) is 20.6. The number of aryl methyl sites for hydroxylation is 1. The van der Waals surface area contributed by atoms with Crippen LogP contribution in [0, 0.1) is 0 Å². The lowest BCUT2D eigenvalue weighted by atomic mass is 10.0. The van der Waals surface area contributed by atoms with Gasteiger partial charge in [-0.3, -0.25) is 4.79 Å². The van der Waals surface area contributed by atoms with E-state index in [0.717, 1.165) is 23.1 Å². The van der Waals surface area contributed by atoms with E-state index >= 15 is 0 Å². The first-order chi connectivity index (χ1) is 21.2. The van der Waals surface area contributed by atoms with Crippen molar-refractivity contribution < 1.29 is 24.2 Å². The lowest BCUT2D eigenvalue weighted by molar-refractivity contribution is -0.148. The van der Waals surface area contributed by atoms with Crippen LogP contribution in [-0.4, -0.2) is 59.4 Å². The second-order valence-corrected chi connectivity index (χ2v) is 10.5. The smallest absolute Gasteiger partial charge is 0.365 e. The number of tetrazole rings is 1. The first-order valence-corrected chi connectivity index (χ1v) is 14.3. The van der Waals surface area contributed by atoms with Gasteiger partial charge in [-0.05, 0) is 52.1 Å². The van der Waals surface area contributed by atoms with Crippen LogP contribution in [0.1, 0.15) is 46.6 Å². The number of aliphatic hydroxyl groups excluding tert-OH is 1. The Morgan fingerprint density at radius 3 is 2.48 bits per heavy atom. The number of amides is 1. The molecule has 0 bridgehead atoms. The predicted octanol–water partition coefficient (Wildman–Crippen LogP) is 3.59. The summed E-state index contributed by atoms with van der Waals surface area (Å²) in [6.45, 7) is 1.98. The number of aliphatic hydroxyl groups is 1. The number of carboxylic acid groups (broad SMARTS) is 1. The van der Waals surface area contributed by atoms with Crippen LogP contribution >= 0.6 is 11.6 Å². The maximum absolute atomic E-state index is 13.2. The molecule has 2 atom stereocenters. The molecule has 2 aromatic heterocycles. The van der Waals surface area contributed by atoms with Gasteiger partial charge in [0, 0.05) is 17.0 Å². The number of aromatic nitrogens is 5. The number of oxazole rings is 1. The van der Waals surface area contributed by atoms with Crippen molar-refractivity contribution in [3.05, 3.63) is 117 Å². The molecule has 13 heteroatoms. The highest BCUT2D eigenvalue weighted by Crippen LogP contribution is 2.27. The van der Waals surface area contributed by atoms with Crippen LogP contribution in [0.2, 0.25) is 5.02 Å². The van der Waals surface area contributed by atoms with Crippen molar-refractivity contribution in [1.29, 1.82) is 0 Å². The predicted molar refractivity (Wildman–Crippen MR) is 161 cm³/mol. The van der Waals surface area contributed by atoms with Crippen LogP contribution in [0.15, 0.2) is 82.0 Å². The Kier molecular flexibility index (Phi) is 9.32. The summed E-state index contributed by atoms with van der Waals surface area (Å²) in [4.78, 5) is 41.3. The zero-order valence-electron chi connectivity index (χ0n) is 23.6. The number of hydrogen-bond acceptors (Lipinski definition) is 8. The van der Waals surface area contributed by atoms with Gasteiger partial charge in [-0.25, -0.2) is 19.7 Å². The Labute approximate surface area is 256 Å². The highest BCUT2D eigenvalue weighted by molar-refractivity contribution is 6.31. The monoisotopic (exact) mass is 616 g/mol. The minimum Gasteiger partial charge on any atom is -0.479 e. The molecule has 0 aliphatic rings. The number of aromatic amines is 1. The van der Waals surface area contributed by atoms with Gasteiger partial charge in [0.25, 0.3) is 5.89 Å².